The Morgan fingerprint density at radius 1 is 0.947 bits per heavy atom. The minimum Gasteiger partial charge on any atom is -0.458 e. The van der Waals surface area contributed by atoms with E-state index < -0.39 is 70.5 Å². The van der Waals surface area contributed by atoms with Crippen molar-refractivity contribution < 1.29 is 52.4 Å². The number of fused-ring (bicyclic) bond motifs is 1. The Morgan fingerprint density at radius 2 is 1.53 bits per heavy atom. The Labute approximate surface area is 219 Å². The molecular formula is C27H32O11. The van der Waals surface area contributed by atoms with E-state index in [2.05, 4.69) is 0 Å². The van der Waals surface area contributed by atoms with Gasteiger partial charge in [-0.2, -0.15) is 0 Å². The summed E-state index contributed by atoms with van der Waals surface area (Å²) < 4.78 is 34.4. The molecule has 2 aromatic rings. The van der Waals surface area contributed by atoms with Crippen LogP contribution in [-0.2, 0) is 23.7 Å². The highest BCUT2D eigenvalue weighted by atomic mass is 16.6. The van der Waals surface area contributed by atoms with E-state index in [4.69, 9.17) is 27.8 Å². The molecule has 3 heterocycles. The fourth-order valence-electron chi connectivity index (χ4n) is 7.03. The summed E-state index contributed by atoms with van der Waals surface area (Å²) >= 11 is 0. The molecule has 206 valence electrons. The van der Waals surface area contributed by atoms with E-state index in [-0.39, 0.29) is 24.4 Å². The lowest BCUT2D eigenvalue weighted by atomic mass is 9.47. The Balaban J connectivity index is 1.64. The maximum absolute atomic E-state index is 13.1. The molecule has 2 unspecified atom stereocenters. The van der Waals surface area contributed by atoms with Crippen molar-refractivity contribution in [3.05, 3.63) is 48.3 Å². The molecule has 38 heavy (non-hydrogen) atoms. The number of hydrogen-bond donors (Lipinski definition) is 2. The highest BCUT2D eigenvalue weighted by Gasteiger charge is 2.83. The molecule has 5 rings (SSSR count). The van der Waals surface area contributed by atoms with Crippen LogP contribution in [0.15, 0.2) is 45.6 Å². The zero-order valence-electron chi connectivity index (χ0n) is 21.8. The van der Waals surface area contributed by atoms with Crippen LogP contribution in [0.2, 0.25) is 0 Å². The van der Waals surface area contributed by atoms with Gasteiger partial charge in [0, 0.05) is 19.3 Å². The van der Waals surface area contributed by atoms with E-state index in [1.807, 2.05) is 0 Å². The van der Waals surface area contributed by atoms with Crippen LogP contribution < -0.4 is 0 Å². The summed E-state index contributed by atoms with van der Waals surface area (Å²) in [5, 5.41) is 23.7. The average molecular weight is 533 g/mol. The molecule has 1 spiro atoms. The molecule has 8 atom stereocenters. The van der Waals surface area contributed by atoms with Gasteiger partial charge in [0.25, 0.3) is 0 Å². The SMILES string of the molecule is CC(=O)O[C@H]1[C@@H](OC(=O)c2ccco2)C[C@](C)(O)C23OC(C)(C)C(C[C@H](OC(=O)c4ccco4)[C@]12C)[C@H]3O. The zero-order chi connectivity index (χ0) is 27.7. The highest BCUT2D eigenvalue weighted by Crippen LogP contribution is 2.68. The van der Waals surface area contributed by atoms with Crippen LogP contribution in [0.3, 0.4) is 0 Å². The molecule has 2 aromatic heterocycles. The summed E-state index contributed by atoms with van der Waals surface area (Å²) in [6.07, 6.45) is -2.24. The van der Waals surface area contributed by atoms with Gasteiger partial charge in [-0.3, -0.25) is 4.79 Å². The van der Waals surface area contributed by atoms with E-state index in [1.165, 1.54) is 50.6 Å². The normalized spacial score (nSPS) is 39.2. The lowest BCUT2D eigenvalue weighted by molar-refractivity contribution is -0.342. The second kappa shape index (κ2) is 8.69. The number of hydrogen-bond acceptors (Lipinski definition) is 11. The molecule has 3 fully saturated rings. The van der Waals surface area contributed by atoms with Crippen LogP contribution in [0.5, 0.6) is 0 Å². The molecular weight excluding hydrogens is 500 g/mol. The van der Waals surface area contributed by atoms with Gasteiger partial charge in [-0.1, -0.05) is 0 Å². The standard InChI is InChI=1S/C27H32O11/c1-14(28)35-21-18(36-22(30)16-8-6-10-33-16)13-25(4,32)27-20(29)15(24(2,3)38-27)12-19(26(21,27)5)37-23(31)17-9-7-11-34-17/h6-11,15,18-21,29,32H,12-13H2,1-5H3/t15?,18-,19-,20+,21-,25-,26+,27?/m0/s1. The fraction of sp³-hybridized carbons (Fsp3) is 0.593. The molecule has 0 radical (unpaired) electrons. The first-order valence-electron chi connectivity index (χ1n) is 12.5. The van der Waals surface area contributed by atoms with Crippen molar-refractivity contribution in [1.29, 1.82) is 0 Å². The molecule has 1 saturated heterocycles. The number of carbonyl (C=O) groups excluding carboxylic acids is 3. The van der Waals surface area contributed by atoms with E-state index in [1.54, 1.807) is 20.8 Å². The maximum atomic E-state index is 13.1. The van der Waals surface area contributed by atoms with Gasteiger partial charge in [0.2, 0.25) is 11.5 Å². The lowest BCUT2D eigenvalue weighted by Gasteiger charge is -2.65. The summed E-state index contributed by atoms with van der Waals surface area (Å²) in [5.74, 6) is -2.99. The Hall–Kier alpha value is -3.15. The van der Waals surface area contributed by atoms with Gasteiger partial charge in [-0.05, 0) is 58.4 Å². The average Bonchev–Trinajstić information content (AvgIpc) is 3.56. The molecule has 11 heteroatoms. The molecule has 2 aliphatic carbocycles. The maximum Gasteiger partial charge on any atom is 0.374 e. The van der Waals surface area contributed by atoms with Gasteiger partial charge < -0.3 is 38.0 Å². The topological polar surface area (TPSA) is 155 Å². The van der Waals surface area contributed by atoms with Crippen molar-refractivity contribution in [2.75, 3.05) is 0 Å². The predicted molar refractivity (Wildman–Crippen MR) is 127 cm³/mol. The smallest absolute Gasteiger partial charge is 0.374 e. The number of furan rings is 2. The van der Waals surface area contributed by atoms with Crippen LogP contribution in [0.25, 0.3) is 0 Å². The van der Waals surface area contributed by atoms with E-state index in [0.717, 1.165) is 0 Å². The highest BCUT2D eigenvalue weighted by molar-refractivity contribution is 5.87. The first-order chi connectivity index (χ1) is 17.7. The Morgan fingerprint density at radius 3 is 2.05 bits per heavy atom. The third-order valence-electron chi connectivity index (χ3n) is 8.62. The van der Waals surface area contributed by atoms with Gasteiger partial charge in [-0.15, -0.1) is 0 Å². The quantitative estimate of drug-likeness (QED) is 0.431. The summed E-state index contributed by atoms with van der Waals surface area (Å²) in [7, 11) is 0. The monoisotopic (exact) mass is 532 g/mol. The number of rotatable bonds is 5. The molecule has 2 saturated carbocycles. The number of aliphatic hydroxyl groups excluding tert-OH is 1. The van der Waals surface area contributed by atoms with Crippen LogP contribution in [-0.4, -0.2) is 69.3 Å². The van der Waals surface area contributed by atoms with Crippen LogP contribution >= 0.6 is 0 Å². The second-order valence-electron chi connectivity index (χ2n) is 11.3. The third-order valence-corrected chi connectivity index (χ3v) is 8.62. The lowest BCUT2D eigenvalue weighted by Crippen LogP contribution is -2.81. The molecule has 2 bridgehead atoms. The van der Waals surface area contributed by atoms with Crippen molar-refractivity contribution in [3.63, 3.8) is 0 Å². The van der Waals surface area contributed by atoms with Crippen molar-refractivity contribution >= 4 is 17.9 Å². The molecule has 2 N–H and O–H groups in total. The largest absolute Gasteiger partial charge is 0.458 e. The molecule has 3 aliphatic rings. The van der Waals surface area contributed by atoms with Gasteiger partial charge in [0.05, 0.1) is 35.2 Å². The van der Waals surface area contributed by atoms with Crippen LogP contribution in [0.1, 0.15) is 68.6 Å². The molecule has 1 aliphatic heterocycles. The van der Waals surface area contributed by atoms with Gasteiger partial charge in [-0.25, -0.2) is 9.59 Å². The van der Waals surface area contributed by atoms with E-state index in [9.17, 15) is 24.6 Å². The van der Waals surface area contributed by atoms with Crippen LogP contribution in [0.4, 0.5) is 0 Å². The molecule has 11 nitrogen and oxygen atoms in total. The fourth-order valence-corrected chi connectivity index (χ4v) is 7.03. The molecule has 0 aromatic carbocycles. The van der Waals surface area contributed by atoms with Gasteiger partial charge >= 0.3 is 17.9 Å². The second-order valence-corrected chi connectivity index (χ2v) is 11.3. The van der Waals surface area contributed by atoms with E-state index in [0.29, 0.717) is 0 Å². The minimum absolute atomic E-state index is 0.0475. The summed E-state index contributed by atoms with van der Waals surface area (Å²) in [6, 6.07) is 5.92. The summed E-state index contributed by atoms with van der Waals surface area (Å²) in [5.41, 5.74) is -6.13. The van der Waals surface area contributed by atoms with Crippen molar-refractivity contribution in [2.24, 2.45) is 11.3 Å². The zero-order valence-corrected chi connectivity index (χ0v) is 21.8. The van der Waals surface area contributed by atoms with Gasteiger partial charge in [0.1, 0.15) is 17.8 Å². The van der Waals surface area contributed by atoms with Gasteiger partial charge in [0.15, 0.2) is 6.10 Å². The van der Waals surface area contributed by atoms with E-state index >= 15 is 0 Å². The minimum atomic E-state index is -1.83. The number of esters is 3. The predicted octanol–water partition coefficient (Wildman–Crippen LogP) is 2.64. The number of aliphatic hydroxyl groups is 2. The summed E-state index contributed by atoms with van der Waals surface area (Å²) in [6.45, 7) is 7.85. The summed E-state index contributed by atoms with van der Waals surface area (Å²) in [4.78, 5) is 38.4. The Kier molecular flexibility index (Phi) is 6.05. The van der Waals surface area contributed by atoms with Crippen molar-refractivity contribution in [2.45, 2.75) is 88.7 Å². The number of ether oxygens (including phenoxy) is 4. The first-order valence-corrected chi connectivity index (χ1v) is 12.5. The molecule has 0 amide bonds. The first kappa shape index (κ1) is 26.5. The van der Waals surface area contributed by atoms with Crippen molar-refractivity contribution in [1.82, 2.24) is 0 Å². The van der Waals surface area contributed by atoms with Crippen molar-refractivity contribution in [3.8, 4) is 0 Å². The Bertz CT molecular complexity index is 1210. The van der Waals surface area contributed by atoms with Crippen LogP contribution in [0, 0.1) is 11.3 Å². The number of carbonyl (C=O) groups is 3. The third kappa shape index (κ3) is 3.63.